The highest BCUT2D eigenvalue weighted by atomic mass is 32.2. The topological polar surface area (TPSA) is 93.5 Å². The van der Waals surface area contributed by atoms with E-state index in [9.17, 15) is 18.5 Å². The third-order valence-corrected chi connectivity index (χ3v) is 9.34. The predicted octanol–water partition coefficient (Wildman–Crippen LogP) is 5.23. The van der Waals surface area contributed by atoms with Gasteiger partial charge in [-0.15, -0.1) is 11.3 Å². The van der Waals surface area contributed by atoms with Gasteiger partial charge in [0, 0.05) is 36.6 Å². The summed E-state index contributed by atoms with van der Waals surface area (Å²) >= 11 is 1.47. The second-order valence-corrected chi connectivity index (χ2v) is 12.0. The number of nitrogens with zero attached hydrogens (tertiary/aromatic N) is 3. The molecule has 1 aromatic heterocycles. The molecule has 0 radical (unpaired) electrons. The van der Waals surface area contributed by atoms with Crippen molar-refractivity contribution in [1.82, 2.24) is 9.21 Å². The second-order valence-electron chi connectivity index (χ2n) is 8.94. The summed E-state index contributed by atoms with van der Waals surface area (Å²) in [6, 6.07) is 8.37. The SMILES string of the molecule is CCCCN(CCCC)S(=O)(=O)c1ccc(C(=O)Nc2sc3c(c2C#N)CCN(CCC)C3)cc1. The monoisotopic (exact) mass is 516 g/mol. The molecule has 3 rings (SSSR count). The Hall–Kier alpha value is -2.25. The lowest BCUT2D eigenvalue weighted by Crippen LogP contribution is -2.33. The number of unbranched alkanes of at least 4 members (excludes halogenated alkanes) is 2. The molecule has 1 N–H and O–H groups in total. The molecule has 0 bridgehead atoms. The van der Waals surface area contributed by atoms with Crippen molar-refractivity contribution in [3.8, 4) is 6.07 Å². The summed E-state index contributed by atoms with van der Waals surface area (Å²) < 4.78 is 27.9. The Morgan fingerprint density at radius 1 is 1.11 bits per heavy atom. The average molecular weight is 517 g/mol. The molecule has 1 aromatic carbocycles. The number of amides is 1. The van der Waals surface area contributed by atoms with E-state index in [0.29, 0.717) is 29.2 Å². The molecule has 0 aliphatic carbocycles. The number of fused-ring (bicyclic) bond motifs is 1. The maximum atomic E-state index is 13.2. The number of hydrogen-bond donors (Lipinski definition) is 1. The Labute approximate surface area is 213 Å². The van der Waals surface area contributed by atoms with Crippen LogP contribution in [0.3, 0.4) is 0 Å². The molecule has 0 saturated carbocycles. The lowest BCUT2D eigenvalue weighted by molar-refractivity contribution is 0.102. The zero-order chi connectivity index (χ0) is 25.4. The van der Waals surface area contributed by atoms with E-state index in [-0.39, 0.29) is 10.8 Å². The van der Waals surface area contributed by atoms with Crippen LogP contribution in [-0.2, 0) is 23.0 Å². The van der Waals surface area contributed by atoms with Gasteiger partial charge >= 0.3 is 0 Å². The number of anilines is 1. The summed E-state index contributed by atoms with van der Waals surface area (Å²) in [5.41, 5.74) is 1.96. The highest BCUT2D eigenvalue weighted by Crippen LogP contribution is 2.37. The molecule has 2 aromatic rings. The highest BCUT2D eigenvalue weighted by molar-refractivity contribution is 7.89. The Morgan fingerprint density at radius 2 is 1.77 bits per heavy atom. The summed E-state index contributed by atoms with van der Waals surface area (Å²) in [6.07, 6.45) is 5.35. The lowest BCUT2D eigenvalue weighted by Gasteiger charge is -2.26. The van der Waals surface area contributed by atoms with E-state index in [4.69, 9.17) is 0 Å². The van der Waals surface area contributed by atoms with E-state index in [1.54, 1.807) is 16.4 Å². The van der Waals surface area contributed by atoms with Crippen molar-refractivity contribution >= 4 is 32.3 Å². The van der Waals surface area contributed by atoms with Gasteiger partial charge in [-0.3, -0.25) is 9.69 Å². The zero-order valence-corrected chi connectivity index (χ0v) is 22.6. The van der Waals surface area contributed by atoms with Crippen molar-refractivity contribution < 1.29 is 13.2 Å². The minimum absolute atomic E-state index is 0.196. The van der Waals surface area contributed by atoms with Crippen LogP contribution in [0.15, 0.2) is 29.2 Å². The quantitative estimate of drug-likeness (QED) is 0.417. The molecular weight excluding hydrogens is 480 g/mol. The number of sulfonamides is 1. The number of benzene rings is 1. The molecular formula is C26H36N4O3S2. The summed E-state index contributed by atoms with van der Waals surface area (Å²) in [5.74, 6) is -0.344. The molecule has 1 amide bonds. The van der Waals surface area contributed by atoms with Gasteiger partial charge in [0.15, 0.2) is 0 Å². The number of nitrogens with one attached hydrogen (secondary N) is 1. The van der Waals surface area contributed by atoms with Crippen LogP contribution in [0.25, 0.3) is 0 Å². The Morgan fingerprint density at radius 3 is 2.34 bits per heavy atom. The number of rotatable bonds is 12. The minimum Gasteiger partial charge on any atom is -0.312 e. The van der Waals surface area contributed by atoms with Crippen LogP contribution in [0.4, 0.5) is 5.00 Å². The minimum atomic E-state index is -3.61. The molecule has 9 heteroatoms. The summed E-state index contributed by atoms with van der Waals surface area (Å²) in [5, 5.41) is 13.2. The molecule has 0 saturated heterocycles. The molecule has 0 unspecified atom stereocenters. The molecule has 1 aliphatic heterocycles. The van der Waals surface area contributed by atoms with Gasteiger partial charge in [0.1, 0.15) is 11.1 Å². The fraction of sp³-hybridized carbons (Fsp3) is 0.538. The number of thiophene rings is 1. The fourth-order valence-corrected chi connectivity index (χ4v) is 7.05. The van der Waals surface area contributed by atoms with Crippen molar-refractivity contribution in [2.24, 2.45) is 0 Å². The van der Waals surface area contributed by atoms with Gasteiger partial charge in [0.05, 0.1) is 10.5 Å². The van der Waals surface area contributed by atoms with Crippen LogP contribution in [0.5, 0.6) is 0 Å². The van der Waals surface area contributed by atoms with Crippen molar-refractivity contribution in [3.05, 3.63) is 45.8 Å². The third kappa shape index (κ3) is 6.50. The van der Waals surface area contributed by atoms with Gasteiger partial charge in [-0.2, -0.15) is 9.57 Å². The molecule has 0 fully saturated rings. The smallest absolute Gasteiger partial charge is 0.256 e. The first kappa shape index (κ1) is 27.3. The van der Waals surface area contributed by atoms with E-state index in [1.165, 1.54) is 23.5 Å². The molecule has 7 nitrogen and oxygen atoms in total. The van der Waals surface area contributed by atoms with Gasteiger partial charge in [-0.1, -0.05) is 33.6 Å². The van der Waals surface area contributed by atoms with E-state index in [1.807, 2.05) is 13.8 Å². The van der Waals surface area contributed by atoms with Crippen molar-refractivity contribution in [1.29, 1.82) is 5.26 Å². The third-order valence-electron chi connectivity index (χ3n) is 6.29. The zero-order valence-electron chi connectivity index (χ0n) is 21.0. The highest BCUT2D eigenvalue weighted by Gasteiger charge is 2.26. The van der Waals surface area contributed by atoms with Gasteiger partial charge in [0.25, 0.3) is 5.91 Å². The average Bonchev–Trinajstić information content (AvgIpc) is 3.20. The first-order chi connectivity index (χ1) is 16.8. The number of carbonyl (C=O) groups is 1. The first-order valence-electron chi connectivity index (χ1n) is 12.5. The van der Waals surface area contributed by atoms with Crippen LogP contribution in [0, 0.1) is 11.3 Å². The van der Waals surface area contributed by atoms with Crippen molar-refractivity contribution in [2.75, 3.05) is 31.5 Å². The number of hydrogen-bond acceptors (Lipinski definition) is 6. The van der Waals surface area contributed by atoms with E-state index >= 15 is 0 Å². The lowest BCUT2D eigenvalue weighted by atomic mass is 10.0. The van der Waals surface area contributed by atoms with Gasteiger partial charge < -0.3 is 5.32 Å². The van der Waals surface area contributed by atoms with Gasteiger partial charge in [0.2, 0.25) is 10.0 Å². The molecule has 0 atom stereocenters. The van der Waals surface area contributed by atoms with E-state index in [2.05, 4.69) is 23.2 Å². The molecule has 1 aliphatic rings. The predicted molar refractivity (Wildman–Crippen MR) is 141 cm³/mol. The van der Waals surface area contributed by atoms with E-state index in [0.717, 1.165) is 68.6 Å². The fourth-order valence-electron chi connectivity index (χ4n) is 4.29. The van der Waals surface area contributed by atoms with Gasteiger partial charge in [-0.05, 0) is 62.1 Å². The van der Waals surface area contributed by atoms with Crippen LogP contribution in [0.1, 0.15) is 79.2 Å². The molecule has 35 heavy (non-hydrogen) atoms. The van der Waals surface area contributed by atoms with Crippen LogP contribution < -0.4 is 5.32 Å². The van der Waals surface area contributed by atoms with Crippen molar-refractivity contribution in [3.63, 3.8) is 0 Å². The number of carbonyl (C=O) groups excluding carboxylic acids is 1. The summed E-state index contributed by atoms with van der Waals surface area (Å²) in [6.45, 7) is 9.97. The Kier molecular flexibility index (Phi) is 9.87. The molecule has 0 spiro atoms. The normalized spacial score (nSPS) is 14.0. The largest absolute Gasteiger partial charge is 0.312 e. The van der Waals surface area contributed by atoms with Gasteiger partial charge in [-0.25, -0.2) is 8.42 Å². The first-order valence-corrected chi connectivity index (χ1v) is 14.8. The van der Waals surface area contributed by atoms with Crippen LogP contribution in [0.2, 0.25) is 0 Å². The maximum Gasteiger partial charge on any atom is 0.256 e. The molecule has 2 heterocycles. The van der Waals surface area contributed by atoms with E-state index < -0.39 is 10.0 Å². The van der Waals surface area contributed by atoms with Crippen molar-refractivity contribution in [2.45, 2.75) is 70.7 Å². The summed E-state index contributed by atoms with van der Waals surface area (Å²) in [7, 11) is -3.61. The Bertz CT molecular complexity index is 1140. The maximum absolute atomic E-state index is 13.2. The summed E-state index contributed by atoms with van der Waals surface area (Å²) in [4.78, 5) is 16.7. The van der Waals surface area contributed by atoms with Crippen LogP contribution in [-0.4, -0.2) is 49.7 Å². The molecule has 190 valence electrons. The standard InChI is InChI=1S/C26H36N4O3S2/c1-4-7-15-30(16-8-5-2)35(32,33)21-11-9-20(10-12-21)25(31)28-26-23(18-27)22-13-17-29(14-6-3)19-24(22)34-26/h9-12H,4-8,13-17,19H2,1-3H3,(H,28,31). The van der Waals surface area contributed by atoms with Crippen LogP contribution >= 0.6 is 11.3 Å². The second kappa shape index (κ2) is 12.6. The Balaban J connectivity index is 1.76. The number of nitriles is 1.